The fourth-order valence-electron chi connectivity index (χ4n) is 3.04. The number of nitrogens with two attached hydrogens (primary N) is 1. The highest BCUT2D eigenvalue weighted by Gasteiger charge is 2.33. The first-order chi connectivity index (χ1) is 12.3. The summed E-state index contributed by atoms with van der Waals surface area (Å²) < 4.78 is 22.5. The minimum Gasteiger partial charge on any atom is -0.344 e. The molecule has 0 fully saturated rings. The summed E-state index contributed by atoms with van der Waals surface area (Å²) in [7, 11) is -3.76. The number of hydrogen-bond acceptors (Lipinski definition) is 4. The second-order valence-electron chi connectivity index (χ2n) is 6.23. The molecule has 0 aliphatic carbocycles. The molecule has 0 radical (unpaired) electrons. The summed E-state index contributed by atoms with van der Waals surface area (Å²) in [6.07, 6.45) is 0.713. The molecule has 136 valence electrons. The Hall–Kier alpha value is -2.71. The molecule has 1 unspecified atom stereocenters. The Morgan fingerprint density at radius 1 is 1.15 bits per heavy atom. The van der Waals surface area contributed by atoms with Crippen LogP contribution in [-0.2, 0) is 32.6 Å². The Balaban J connectivity index is 1.66. The highest BCUT2D eigenvalue weighted by Crippen LogP contribution is 2.31. The maximum Gasteiger partial charge on any atom is 0.316 e. The lowest BCUT2D eigenvalue weighted by Crippen LogP contribution is -2.45. The smallest absolute Gasteiger partial charge is 0.316 e. The molecular formula is C18H19N3O4S. The number of carbonyl (C=O) groups excluding carboxylic acids is 2. The molecule has 0 saturated heterocycles. The summed E-state index contributed by atoms with van der Waals surface area (Å²) in [6, 6.07) is 13.2. The zero-order chi connectivity index (χ0) is 18.9. The number of amides is 2. The summed E-state index contributed by atoms with van der Waals surface area (Å²) >= 11 is 0. The molecule has 1 aliphatic rings. The SMILES string of the molecule is CC1Cc2ccccc2N1C(=O)C(=O)NCc1ccc(S(N)(=O)=O)cc1. The van der Waals surface area contributed by atoms with Crippen molar-refractivity contribution in [2.75, 3.05) is 4.90 Å². The number of primary sulfonamides is 1. The van der Waals surface area contributed by atoms with E-state index in [0.29, 0.717) is 12.0 Å². The molecule has 2 aromatic rings. The Kier molecular flexibility index (Phi) is 4.80. The number of hydrogen-bond donors (Lipinski definition) is 2. The lowest BCUT2D eigenvalue weighted by Gasteiger charge is -2.22. The highest BCUT2D eigenvalue weighted by atomic mass is 32.2. The second kappa shape index (κ2) is 6.89. The zero-order valence-corrected chi connectivity index (χ0v) is 15.0. The average Bonchev–Trinajstić information content (AvgIpc) is 2.94. The van der Waals surface area contributed by atoms with Gasteiger partial charge in [-0.3, -0.25) is 9.59 Å². The Bertz CT molecular complexity index is 955. The van der Waals surface area contributed by atoms with E-state index in [1.807, 2.05) is 31.2 Å². The number of para-hydroxylation sites is 1. The zero-order valence-electron chi connectivity index (χ0n) is 14.2. The van der Waals surface area contributed by atoms with Crippen LogP contribution < -0.4 is 15.4 Å². The maximum atomic E-state index is 12.5. The van der Waals surface area contributed by atoms with Gasteiger partial charge in [0.1, 0.15) is 0 Å². The van der Waals surface area contributed by atoms with Crippen molar-refractivity contribution in [3.63, 3.8) is 0 Å². The maximum absolute atomic E-state index is 12.5. The molecule has 0 aromatic heterocycles. The van der Waals surface area contributed by atoms with Gasteiger partial charge in [0, 0.05) is 18.3 Å². The van der Waals surface area contributed by atoms with Gasteiger partial charge in [0.25, 0.3) is 0 Å². The fraction of sp³-hybridized carbons (Fsp3) is 0.222. The Morgan fingerprint density at radius 3 is 2.46 bits per heavy atom. The van der Waals surface area contributed by atoms with E-state index in [1.165, 1.54) is 29.2 Å². The fourth-order valence-corrected chi connectivity index (χ4v) is 3.55. The minimum absolute atomic E-state index is 0.00819. The van der Waals surface area contributed by atoms with Crippen molar-refractivity contribution in [2.24, 2.45) is 5.14 Å². The van der Waals surface area contributed by atoms with Crippen LogP contribution in [0.4, 0.5) is 5.69 Å². The quantitative estimate of drug-likeness (QED) is 0.780. The van der Waals surface area contributed by atoms with E-state index in [9.17, 15) is 18.0 Å². The van der Waals surface area contributed by atoms with E-state index >= 15 is 0 Å². The third-order valence-electron chi connectivity index (χ3n) is 4.33. The van der Waals surface area contributed by atoms with Gasteiger partial charge in [0.05, 0.1) is 4.90 Å². The Morgan fingerprint density at radius 2 is 1.81 bits per heavy atom. The lowest BCUT2D eigenvalue weighted by molar-refractivity contribution is -0.137. The van der Waals surface area contributed by atoms with Gasteiger partial charge >= 0.3 is 11.8 Å². The third kappa shape index (κ3) is 3.61. The van der Waals surface area contributed by atoms with Gasteiger partial charge in [-0.05, 0) is 42.7 Å². The summed E-state index contributed by atoms with van der Waals surface area (Å²) in [5, 5.41) is 7.62. The average molecular weight is 373 g/mol. The van der Waals surface area contributed by atoms with Crippen LogP contribution in [0.25, 0.3) is 0 Å². The predicted molar refractivity (Wildman–Crippen MR) is 96.8 cm³/mol. The Labute approximate surface area is 151 Å². The van der Waals surface area contributed by atoms with Crippen molar-refractivity contribution in [1.29, 1.82) is 0 Å². The van der Waals surface area contributed by atoms with Crippen LogP contribution in [-0.4, -0.2) is 26.3 Å². The summed E-state index contributed by atoms with van der Waals surface area (Å²) in [6.45, 7) is 2.01. The predicted octanol–water partition coefficient (Wildman–Crippen LogP) is 0.928. The molecule has 26 heavy (non-hydrogen) atoms. The number of nitrogens with zero attached hydrogens (tertiary/aromatic N) is 1. The van der Waals surface area contributed by atoms with Crippen molar-refractivity contribution in [3.05, 3.63) is 59.7 Å². The summed E-state index contributed by atoms with van der Waals surface area (Å²) in [4.78, 5) is 26.3. The van der Waals surface area contributed by atoms with Crippen LogP contribution in [0.2, 0.25) is 0 Å². The number of rotatable bonds is 3. The number of nitrogens with one attached hydrogen (secondary N) is 1. The molecule has 0 bridgehead atoms. The van der Waals surface area contributed by atoms with Gasteiger partial charge in [0.15, 0.2) is 0 Å². The van der Waals surface area contributed by atoms with Crippen LogP contribution in [0, 0.1) is 0 Å². The molecule has 1 aliphatic heterocycles. The van der Waals surface area contributed by atoms with Crippen molar-refractivity contribution in [2.45, 2.75) is 30.8 Å². The van der Waals surface area contributed by atoms with Crippen molar-refractivity contribution in [3.8, 4) is 0 Å². The second-order valence-corrected chi connectivity index (χ2v) is 7.79. The number of fused-ring (bicyclic) bond motifs is 1. The van der Waals surface area contributed by atoms with Crippen LogP contribution >= 0.6 is 0 Å². The third-order valence-corrected chi connectivity index (χ3v) is 5.25. The first-order valence-electron chi connectivity index (χ1n) is 8.08. The van der Waals surface area contributed by atoms with Gasteiger partial charge in [0.2, 0.25) is 10.0 Å². The number of anilines is 1. The molecule has 1 heterocycles. The molecule has 3 rings (SSSR count). The molecule has 2 aromatic carbocycles. The van der Waals surface area contributed by atoms with Gasteiger partial charge in [-0.25, -0.2) is 13.6 Å². The summed E-state index contributed by atoms with van der Waals surface area (Å²) in [5.41, 5.74) is 2.46. The molecule has 3 N–H and O–H groups in total. The molecular weight excluding hydrogens is 354 g/mol. The van der Waals surface area contributed by atoms with E-state index in [1.54, 1.807) is 0 Å². The number of benzene rings is 2. The van der Waals surface area contributed by atoms with E-state index in [2.05, 4.69) is 5.32 Å². The molecule has 1 atom stereocenters. The minimum atomic E-state index is -3.76. The number of sulfonamides is 1. The van der Waals surface area contributed by atoms with Crippen LogP contribution in [0.3, 0.4) is 0 Å². The van der Waals surface area contributed by atoms with Crippen LogP contribution in [0.1, 0.15) is 18.1 Å². The standard InChI is InChI=1S/C18H19N3O4S/c1-12-10-14-4-2-3-5-16(14)21(12)18(23)17(22)20-11-13-6-8-15(9-7-13)26(19,24)25/h2-9,12H,10-11H2,1H3,(H,20,22)(H2,19,24,25). The topological polar surface area (TPSA) is 110 Å². The van der Waals surface area contributed by atoms with E-state index in [-0.39, 0.29) is 17.5 Å². The van der Waals surface area contributed by atoms with E-state index in [0.717, 1.165) is 11.3 Å². The first-order valence-corrected chi connectivity index (χ1v) is 9.63. The van der Waals surface area contributed by atoms with E-state index < -0.39 is 21.8 Å². The van der Waals surface area contributed by atoms with Crippen molar-refractivity contribution < 1.29 is 18.0 Å². The van der Waals surface area contributed by atoms with Gasteiger partial charge < -0.3 is 10.2 Å². The molecule has 7 nitrogen and oxygen atoms in total. The van der Waals surface area contributed by atoms with Crippen molar-refractivity contribution >= 4 is 27.5 Å². The normalized spacial score (nSPS) is 16.2. The lowest BCUT2D eigenvalue weighted by atomic mass is 10.1. The van der Waals surface area contributed by atoms with Crippen LogP contribution in [0.5, 0.6) is 0 Å². The molecule has 2 amide bonds. The van der Waals surface area contributed by atoms with Crippen molar-refractivity contribution in [1.82, 2.24) is 5.32 Å². The largest absolute Gasteiger partial charge is 0.344 e. The number of carbonyl (C=O) groups is 2. The monoisotopic (exact) mass is 373 g/mol. The molecule has 8 heteroatoms. The molecule has 0 spiro atoms. The van der Waals surface area contributed by atoms with Gasteiger partial charge in [-0.1, -0.05) is 30.3 Å². The summed E-state index contributed by atoms with van der Waals surface area (Å²) in [5.74, 6) is -1.31. The van der Waals surface area contributed by atoms with Crippen LogP contribution in [0.15, 0.2) is 53.4 Å². The molecule has 0 saturated carbocycles. The first kappa shape index (κ1) is 18.1. The van der Waals surface area contributed by atoms with Gasteiger partial charge in [-0.15, -0.1) is 0 Å². The van der Waals surface area contributed by atoms with E-state index in [4.69, 9.17) is 5.14 Å². The highest BCUT2D eigenvalue weighted by molar-refractivity contribution is 7.89. The van der Waals surface area contributed by atoms with Gasteiger partial charge in [-0.2, -0.15) is 0 Å².